The van der Waals surface area contributed by atoms with Gasteiger partial charge in [-0.05, 0) is 30.9 Å². The predicted molar refractivity (Wildman–Crippen MR) is 87.9 cm³/mol. The third kappa shape index (κ3) is 6.67. The first kappa shape index (κ1) is 19.6. The first-order valence-corrected chi connectivity index (χ1v) is 9.50. The lowest BCUT2D eigenvalue weighted by atomic mass is 10.1. The van der Waals surface area contributed by atoms with Gasteiger partial charge in [0, 0.05) is 18.3 Å². The Morgan fingerprint density at radius 2 is 1.96 bits per heavy atom. The van der Waals surface area contributed by atoms with E-state index in [0.29, 0.717) is 13.0 Å². The number of amides is 1. The molecule has 7 nitrogen and oxygen atoms in total. The summed E-state index contributed by atoms with van der Waals surface area (Å²) < 4.78 is 26.9. The van der Waals surface area contributed by atoms with Gasteiger partial charge in [0.1, 0.15) is 10.3 Å². The minimum atomic E-state index is -3.87. The summed E-state index contributed by atoms with van der Waals surface area (Å²) in [6, 6.07) is 1.97. The molecule has 1 unspecified atom stereocenters. The fourth-order valence-corrected chi connectivity index (χ4v) is 4.49. The molecule has 0 aromatic carbocycles. The number of carbonyl (C=O) groups is 2. The first-order chi connectivity index (χ1) is 10.6. The summed E-state index contributed by atoms with van der Waals surface area (Å²) in [4.78, 5) is 22.8. The number of thiophene rings is 1. The summed E-state index contributed by atoms with van der Waals surface area (Å²) in [5.74, 6) is -1.28. The van der Waals surface area contributed by atoms with Gasteiger partial charge in [0.05, 0.1) is 0 Å². The minimum Gasteiger partial charge on any atom is -0.480 e. The molecule has 3 N–H and O–H groups in total. The van der Waals surface area contributed by atoms with Crippen LogP contribution >= 0.6 is 11.3 Å². The van der Waals surface area contributed by atoms with Crippen LogP contribution in [0.2, 0.25) is 0 Å². The fourth-order valence-electron chi connectivity index (χ4n) is 1.91. The average Bonchev–Trinajstić information content (AvgIpc) is 2.86. The summed E-state index contributed by atoms with van der Waals surface area (Å²) in [6.45, 7) is 5.49. The summed E-state index contributed by atoms with van der Waals surface area (Å²) in [6.07, 6.45) is 0.740. The topological polar surface area (TPSA) is 113 Å². The average molecular weight is 362 g/mol. The zero-order valence-corrected chi connectivity index (χ0v) is 15.0. The number of sulfonamides is 1. The van der Waals surface area contributed by atoms with Gasteiger partial charge in [0.15, 0.2) is 0 Å². The molecule has 1 amide bonds. The lowest BCUT2D eigenvalue weighted by Gasteiger charge is -2.15. The molecule has 0 saturated heterocycles. The lowest BCUT2D eigenvalue weighted by molar-refractivity contribution is -0.139. The second kappa shape index (κ2) is 8.42. The van der Waals surface area contributed by atoms with E-state index in [1.165, 1.54) is 13.0 Å². The monoisotopic (exact) mass is 362 g/mol. The highest BCUT2D eigenvalue weighted by atomic mass is 32.2. The van der Waals surface area contributed by atoms with Crippen molar-refractivity contribution in [3.05, 3.63) is 17.0 Å². The molecule has 0 spiro atoms. The maximum atomic E-state index is 12.3. The van der Waals surface area contributed by atoms with Crippen LogP contribution in [0.4, 0.5) is 0 Å². The van der Waals surface area contributed by atoms with Crippen molar-refractivity contribution in [1.82, 2.24) is 10.0 Å². The molecule has 1 aromatic rings. The van der Waals surface area contributed by atoms with Crippen LogP contribution in [-0.2, 0) is 26.0 Å². The highest BCUT2D eigenvalue weighted by Crippen LogP contribution is 2.22. The fraction of sp³-hybridized carbons (Fsp3) is 0.571. The molecule has 0 fully saturated rings. The van der Waals surface area contributed by atoms with Crippen molar-refractivity contribution in [3.8, 4) is 0 Å². The number of nitrogens with one attached hydrogen (secondary N) is 2. The van der Waals surface area contributed by atoms with E-state index < -0.39 is 22.0 Å². The Hall–Kier alpha value is -1.45. The van der Waals surface area contributed by atoms with Crippen molar-refractivity contribution >= 4 is 33.2 Å². The molecule has 1 atom stereocenters. The Kier molecular flexibility index (Phi) is 7.17. The lowest BCUT2D eigenvalue weighted by Crippen LogP contribution is -2.41. The molecule has 23 heavy (non-hydrogen) atoms. The van der Waals surface area contributed by atoms with Gasteiger partial charge in [-0.3, -0.25) is 9.59 Å². The van der Waals surface area contributed by atoms with Gasteiger partial charge >= 0.3 is 5.97 Å². The predicted octanol–water partition coefficient (Wildman–Crippen LogP) is 1.20. The molecule has 0 bridgehead atoms. The number of aliphatic carboxylic acids is 1. The van der Waals surface area contributed by atoms with Gasteiger partial charge in [0.25, 0.3) is 10.0 Å². The van der Waals surface area contributed by atoms with Crippen LogP contribution in [-0.4, -0.2) is 38.0 Å². The highest BCUT2D eigenvalue weighted by molar-refractivity contribution is 7.91. The Morgan fingerprint density at radius 1 is 1.30 bits per heavy atom. The number of carboxylic acid groups (broad SMARTS) is 1. The van der Waals surface area contributed by atoms with Gasteiger partial charge < -0.3 is 10.4 Å². The molecule has 0 saturated carbocycles. The van der Waals surface area contributed by atoms with Gasteiger partial charge in [0.2, 0.25) is 5.91 Å². The normalized spacial score (nSPS) is 13.0. The zero-order chi connectivity index (χ0) is 17.6. The van der Waals surface area contributed by atoms with E-state index in [9.17, 15) is 18.0 Å². The number of hydrogen-bond acceptors (Lipinski definition) is 5. The van der Waals surface area contributed by atoms with Gasteiger partial charge in [-0.15, -0.1) is 11.3 Å². The summed E-state index contributed by atoms with van der Waals surface area (Å²) >= 11 is 1.07. The van der Waals surface area contributed by atoms with Crippen LogP contribution in [0, 0.1) is 5.92 Å². The quantitative estimate of drug-likeness (QED) is 0.611. The van der Waals surface area contributed by atoms with Crippen LogP contribution in [0.25, 0.3) is 0 Å². The number of hydrogen-bond donors (Lipinski definition) is 3. The van der Waals surface area contributed by atoms with E-state index in [1.54, 1.807) is 6.07 Å². The van der Waals surface area contributed by atoms with Gasteiger partial charge in [-0.1, -0.05) is 13.8 Å². The van der Waals surface area contributed by atoms with E-state index in [2.05, 4.69) is 10.0 Å². The number of carboxylic acids is 1. The van der Waals surface area contributed by atoms with Crippen LogP contribution < -0.4 is 10.0 Å². The van der Waals surface area contributed by atoms with Crippen LogP contribution in [0.1, 0.15) is 32.1 Å². The Morgan fingerprint density at radius 3 is 2.48 bits per heavy atom. The molecular formula is C14H22N2O5S2. The second-order valence-corrected chi connectivity index (χ2v) is 8.70. The van der Waals surface area contributed by atoms with E-state index in [-0.39, 0.29) is 22.5 Å². The van der Waals surface area contributed by atoms with Crippen molar-refractivity contribution in [2.75, 3.05) is 6.54 Å². The third-order valence-corrected chi connectivity index (χ3v) is 6.06. The van der Waals surface area contributed by atoms with E-state index in [1.807, 2.05) is 13.8 Å². The van der Waals surface area contributed by atoms with Crippen molar-refractivity contribution in [1.29, 1.82) is 0 Å². The van der Waals surface area contributed by atoms with Gasteiger partial charge in [-0.25, -0.2) is 8.42 Å². The summed E-state index contributed by atoms with van der Waals surface area (Å²) in [7, 11) is -3.87. The number of rotatable bonds is 9. The third-order valence-electron chi connectivity index (χ3n) is 2.95. The molecule has 0 aliphatic rings. The molecule has 1 aromatic heterocycles. The largest absolute Gasteiger partial charge is 0.480 e. The zero-order valence-electron chi connectivity index (χ0n) is 13.3. The van der Waals surface area contributed by atoms with Gasteiger partial charge in [-0.2, -0.15) is 4.72 Å². The molecule has 1 rings (SSSR count). The molecule has 0 aliphatic carbocycles. The Bertz CT molecular complexity index is 652. The second-order valence-electron chi connectivity index (χ2n) is 5.60. The van der Waals surface area contributed by atoms with Crippen LogP contribution in [0.15, 0.2) is 16.3 Å². The SMILES string of the molecule is CC(=O)NCCc1ccc(S(=O)(=O)NC(CC(C)C)C(=O)O)s1. The van der Waals surface area contributed by atoms with E-state index in [4.69, 9.17) is 5.11 Å². The molecule has 130 valence electrons. The maximum Gasteiger partial charge on any atom is 0.321 e. The van der Waals surface area contributed by atoms with E-state index >= 15 is 0 Å². The molecule has 0 radical (unpaired) electrons. The Balaban J connectivity index is 2.77. The molecule has 1 heterocycles. The summed E-state index contributed by atoms with van der Waals surface area (Å²) in [5.41, 5.74) is 0. The van der Waals surface area contributed by atoms with Crippen molar-refractivity contribution in [2.24, 2.45) is 5.92 Å². The van der Waals surface area contributed by atoms with Crippen molar-refractivity contribution in [2.45, 2.75) is 43.9 Å². The highest BCUT2D eigenvalue weighted by Gasteiger charge is 2.27. The van der Waals surface area contributed by atoms with Crippen LogP contribution in [0.5, 0.6) is 0 Å². The summed E-state index contributed by atoms with van der Waals surface area (Å²) in [5, 5.41) is 11.8. The Labute approximate surface area is 140 Å². The molecule has 9 heteroatoms. The smallest absolute Gasteiger partial charge is 0.321 e. The maximum absolute atomic E-state index is 12.3. The number of carbonyl (C=O) groups excluding carboxylic acids is 1. The molecule has 0 aliphatic heterocycles. The molecular weight excluding hydrogens is 340 g/mol. The van der Waals surface area contributed by atoms with Crippen molar-refractivity contribution in [3.63, 3.8) is 0 Å². The standard InChI is InChI=1S/C14H22N2O5S2/c1-9(2)8-12(14(18)19)16-23(20,21)13-5-4-11(22-13)6-7-15-10(3)17/h4-5,9,12,16H,6-8H2,1-3H3,(H,15,17)(H,18,19). The minimum absolute atomic E-state index is 0.0513. The van der Waals surface area contributed by atoms with Crippen LogP contribution in [0.3, 0.4) is 0 Å². The first-order valence-electron chi connectivity index (χ1n) is 7.20. The van der Waals surface area contributed by atoms with Crippen molar-refractivity contribution < 1.29 is 23.1 Å². The van der Waals surface area contributed by atoms with E-state index in [0.717, 1.165) is 16.2 Å².